The van der Waals surface area contributed by atoms with E-state index in [0.717, 1.165) is 6.07 Å². The predicted molar refractivity (Wildman–Crippen MR) is 89.0 cm³/mol. The third kappa shape index (κ3) is 3.85. The second-order valence-corrected chi connectivity index (χ2v) is 5.56. The maximum absolute atomic E-state index is 12.7. The topological polar surface area (TPSA) is 71.2 Å². The van der Waals surface area contributed by atoms with Crippen molar-refractivity contribution in [1.29, 1.82) is 0 Å². The summed E-state index contributed by atoms with van der Waals surface area (Å²) in [7, 11) is 0. The average molecular weight is 362 g/mol. The molecule has 8 heteroatoms. The molecular weight excluding hydrogens is 349 g/mol. The molecule has 0 unspecified atom stereocenters. The summed E-state index contributed by atoms with van der Waals surface area (Å²) >= 11 is 0. The number of H-pyrrole nitrogens is 1. The van der Waals surface area contributed by atoms with Crippen LogP contribution < -0.4 is 10.1 Å². The number of anilines is 1. The van der Waals surface area contributed by atoms with E-state index in [4.69, 9.17) is 4.74 Å². The van der Waals surface area contributed by atoms with Crippen molar-refractivity contribution in [3.8, 4) is 5.75 Å². The minimum Gasteiger partial charge on any atom is -0.427 e. The van der Waals surface area contributed by atoms with E-state index in [9.17, 15) is 22.8 Å². The van der Waals surface area contributed by atoms with Gasteiger partial charge in [-0.1, -0.05) is 6.07 Å². The number of ether oxygens (including phenoxy) is 1. The van der Waals surface area contributed by atoms with Crippen molar-refractivity contribution in [2.45, 2.75) is 13.1 Å². The van der Waals surface area contributed by atoms with Gasteiger partial charge in [0.15, 0.2) is 0 Å². The molecule has 0 aliphatic rings. The molecular formula is C18H13F3N2O3. The molecule has 1 amide bonds. The number of hydrogen-bond acceptors (Lipinski definition) is 3. The first-order valence-corrected chi connectivity index (χ1v) is 7.52. The van der Waals surface area contributed by atoms with E-state index in [1.165, 1.54) is 43.3 Å². The molecule has 2 N–H and O–H groups in total. The van der Waals surface area contributed by atoms with Gasteiger partial charge in [-0.25, -0.2) is 0 Å². The molecule has 3 rings (SSSR count). The van der Waals surface area contributed by atoms with Crippen LogP contribution in [0.5, 0.6) is 5.75 Å². The van der Waals surface area contributed by atoms with Crippen molar-refractivity contribution in [3.05, 3.63) is 59.8 Å². The second kappa shape index (κ2) is 6.55. The molecule has 0 atom stereocenters. The number of aromatic amines is 1. The zero-order chi connectivity index (χ0) is 18.9. The molecule has 26 heavy (non-hydrogen) atoms. The lowest BCUT2D eigenvalue weighted by Crippen LogP contribution is -2.12. The van der Waals surface area contributed by atoms with E-state index in [0.29, 0.717) is 16.6 Å². The van der Waals surface area contributed by atoms with Gasteiger partial charge < -0.3 is 15.0 Å². The maximum atomic E-state index is 12.7. The Labute approximate surface area is 145 Å². The molecule has 0 saturated heterocycles. The fourth-order valence-electron chi connectivity index (χ4n) is 2.43. The van der Waals surface area contributed by atoms with Crippen LogP contribution in [0.1, 0.15) is 23.0 Å². The zero-order valence-electron chi connectivity index (χ0n) is 13.5. The Kier molecular flexibility index (Phi) is 4.41. The monoisotopic (exact) mass is 362 g/mol. The van der Waals surface area contributed by atoms with Crippen LogP contribution in [-0.2, 0) is 11.0 Å². The summed E-state index contributed by atoms with van der Waals surface area (Å²) in [6.45, 7) is 1.24. The van der Waals surface area contributed by atoms with Crippen molar-refractivity contribution in [1.82, 2.24) is 4.98 Å². The Bertz CT molecular complexity index is 993. The van der Waals surface area contributed by atoms with Crippen LogP contribution in [0.3, 0.4) is 0 Å². The van der Waals surface area contributed by atoms with Crippen molar-refractivity contribution in [2.24, 2.45) is 0 Å². The maximum Gasteiger partial charge on any atom is 0.431 e. The normalized spacial score (nSPS) is 11.4. The first kappa shape index (κ1) is 17.5. The molecule has 0 spiro atoms. The summed E-state index contributed by atoms with van der Waals surface area (Å²) in [5.41, 5.74) is 0.0410. The Morgan fingerprint density at radius 1 is 1.08 bits per heavy atom. The highest BCUT2D eigenvalue weighted by atomic mass is 19.4. The largest absolute Gasteiger partial charge is 0.431 e. The van der Waals surface area contributed by atoms with Crippen molar-refractivity contribution in [2.75, 3.05) is 5.32 Å². The minimum atomic E-state index is -4.47. The van der Waals surface area contributed by atoms with Gasteiger partial charge >= 0.3 is 12.1 Å². The summed E-state index contributed by atoms with van der Waals surface area (Å²) in [6, 6.07) is 11.4. The van der Waals surface area contributed by atoms with Gasteiger partial charge in [0.25, 0.3) is 5.91 Å². The highest BCUT2D eigenvalue weighted by Gasteiger charge is 2.32. The lowest BCUT2D eigenvalue weighted by Gasteiger charge is -2.07. The molecule has 0 bridgehead atoms. The third-order valence-electron chi connectivity index (χ3n) is 3.54. The number of halogens is 3. The number of fused-ring (bicyclic) bond motifs is 1. The fourth-order valence-corrected chi connectivity index (χ4v) is 2.43. The van der Waals surface area contributed by atoms with E-state index in [-0.39, 0.29) is 11.3 Å². The van der Waals surface area contributed by atoms with Crippen LogP contribution in [0.4, 0.5) is 18.9 Å². The van der Waals surface area contributed by atoms with E-state index < -0.39 is 23.7 Å². The van der Waals surface area contributed by atoms with E-state index >= 15 is 0 Å². The number of nitrogens with one attached hydrogen (secondary N) is 2. The van der Waals surface area contributed by atoms with Crippen LogP contribution in [0.25, 0.3) is 10.9 Å². The molecule has 134 valence electrons. The summed E-state index contributed by atoms with van der Waals surface area (Å²) in [4.78, 5) is 25.6. The number of esters is 1. The number of amides is 1. The number of alkyl halides is 3. The first-order valence-electron chi connectivity index (χ1n) is 7.52. The smallest absolute Gasteiger partial charge is 0.427 e. The molecule has 1 aromatic heterocycles. The Morgan fingerprint density at radius 2 is 1.85 bits per heavy atom. The first-order chi connectivity index (χ1) is 12.2. The molecule has 0 radical (unpaired) electrons. The van der Waals surface area contributed by atoms with Crippen LogP contribution in [-0.4, -0.2) is 16.9 Å². The summed E-state index contributed by atoms with van der Waals surface area (Å²) < 4.78 is 43.2. The Balaban J connectivity index is 1.82. The number of benzene rings is 2. The van der Waals surface area contributed by atoms with Gasteiger partial charge in [0.05, 0.1) is 0 Å². The SMILES string of the molecule is CC(=O)Oc1cccc(C(=O)Nc2ccc3[nH]c(C(F)(F)F)cc3c2)c1. The molecule has 0 aliphatic carbocycles. The van der Waals surface area contributed by atoms with Gasteiger partial charge in [-0.15, -0.1) is 0 Å². The summed E-state index contributed by atoms with van der Waals surface area (Å²) in [6.07, 6.45) is -4.47. The van der Waals surface area contributed by atoms with Crippen molar-refractivity contribution in [3.63, 3.8) is 0 Å². The van der Waals surface area contributed by atoms with Gasteiger partial charge in [-0.3, -0.25) is 9.59 Å². The predicted octanol–water partition coefficient (Wildman–Crippen LogP) is 4.36. The standard InChI is InChI=1S/C18H13F3N2O3/c1-10(24)26-14-4-2-3-11(8-14)17(25)22-13-5-6-15-12(7-13)9-16(23-15)18(19,20)21/h2-9,23H,1H3,(H,22,25). The van der Waals surface area contributed by atoms with E-state index in [1.807, 2.05) is 0 Å². The second-order valence-electron chi connectivity index (χ2n) is 5.56. The average Bonchev–Trinajstić information content (AvgIpc) is 2.98. The number of rotatable bonds is 3. The third-order valence-corrected chi connectivity index (χ3v) is 3.54. The lowest BCUT2D eigenvalue weighted by atomic mass is 10.2. The summed E-state index contributed by atoms with van der Waals surface area (Å²) in [5.74, 6) is -0.771. The van der Waals surface area contributed by atoms with Gasteiger partial charge in [0, 0.05) is 29.1 Å². The van der Waals surface area contributed by atoms with Crippen LogP contribution >= 0.6 is 0 Å². The molecule has 3 aromatic rings. The van der Waals surface area contributed by atoms with Crippen LogP contribution in [0, 0.1) is 0 Å². The number of aromatic nitrogens is 1. The zero-order valence-corrected chi connectivity index (χ0v) is 13.5. The lowest BCUT2D eigenvalue weighted by molar-refractivity contribution is -0.140. The van der Waals surface area contributed by atoms with Gasteiger partial charge in [-0.05, 0) is 42.5 Å². The van der Waals surface area contributed by atoms with Crippen LogP contribution in [0.15, 0.2) is 48.5 Å². The van der Waals surface area contributed by atoms with E-state index in [1.54, 1.807) is 6.07 Å². The van der Waals surface area contributed by atoms with Crippen molar-refractivity contribution < 1.29 is 27.5 Å². The number of carbonyl (C=O) groups excluding carboxylic acids is 2. The molecule has 0 aliphatic heterocycles. The quantitative estimate of drug-likeness (QED) is 0.537. The van der Waals surface area contributed by atoms with Crippen molar-refractivity contribution >= 4 is 28.5 Å². The van der Waals surface area contributed by atoms with Gasteiger partial charge in [0.2, 0.25) is 0 Å². The molecule has 2 aromatic carbocycles. The molecule has 1 heterocycles. The molecule has 0 saturated carbocycles. The summed E-state index contributed by atoms with van der Waals surface area (Å²) in [5, 5.41) is 2.93. The number of hydrogen-bond donors (Lipinski definition) is 2. The molecule has 0 fully saturated rings. The highest BCUT2D eigenvalue weighted by Crippen LogP contribution is 2.32. The van der Waals surface area contributed by atoms with Crippen LogP contribution in [0.2, 0.25) is 0 Å². The fraction of sp³-hybridized carbons (Fsp3) is 0.111. The minimum absolute atomic E-state index is 0.223. The Morgan fingerprint density at radius 3 is 2.54 bits per heavy atom. The number of carbonyl (C=O) groups is 2. The highest BCUT2D eigenvalue weighted by molar-refractivity contribution is 6.05. The van der Waals surface area contributed by atoms with Gasteiger partial charge in [-0.2, -0.15) is 13.2 Å². The van der Waals surface area contributed by atoms with Gasteiger partial charge in [0.1, 0.15) is 11.4 Å². The Hall–Kier alpha value is -3.29. The molecule has 5 nitrogen and oxygen atoms in total. The van der Waals surface area contributed by atoms with E-state index in [2.05, 4.69) is 10.3 Å².